The molecule has 0 spiro atoms. The largest absolute Gasteiger partial charge is 0.464 e. The van der Waals surface area contributed by atoms with E-state index in [0.29, 0.717) is 11.6 Å². The van der Waals surface area contributed by atoms with Crippen molar-refractivity contribution in [1.82, 2.24) is 9.88 Å². The molecule has 6 heteroatoms. The molecule has 0 bridgehead atoms. The van der Waals surface area contributed by atoms with Gasteiger partial charge in [0, 0.05) is 17.5 Å². The molecule has 1 aromatic heterocycles. The van der Waals surface area contributed by atoms with Crippen LogP contribution in [0.4, 0.5) is 0 Å². The predicted octanol–water partition coefficient (Wildman–Crippen LogP) is 3.38. The van der Waals surface area contributed by atoms with Crippen molar-refractivity contribution >= 4 is 29.3 Å². The fourth-order valence-electron chi connectivity index (χ4n) is 2.07. The minimum atomic E-state index is -0.469. The summed E-state index contributed by atoms with van der Waals surface area (Å²) in [6, 6.07) is 9.67. The number of rotatable bonds is 6. The van der Waals surface area contributed by atoms with Gasteiger partial charge in [-0.25, -0.2) is 9.78 Å². The Balaban J connectivity index is 2.08. The average molecular weight is 344 g/mol. The van der Waals surface area contributed by atoms with Gasteiger partial charge in [0.1, 0.15) is 5.01 Å². The Labute approximate surface area is 145 Å². The molecule has 1 heterocycles. The molecular weight excluding hydrogens is 324 g/mol. The number of hydrogen-bond donors (Lipinski definition) is 0. The number of nitrogens with zero attached hydrogens (tertiary/aromatic N) is 2. The van der Waals surface area contributed by atoms with Crippen molar-refractivity contribution in [2.45, 2.75) is 26.4 Å². The average Bonchev–Trinajstić information content (AvgIpc) is 3.06. The van der Waals surface area contributed by atoms with Crippen molar-refractivity contribution < 1.29 is 14.3 Å². The third-order valence-electron chi connectivity index (χ3n) is 3.38. The van der Waals surface area contributed by atoms with Crippen LogP contribution in [0.25, 0.3) is 6.08 Å². The van der Waals surface area contributed by atoms with Crippen LogP contribution in [0.1, 0.15) is 34.9 Å². The van der Waals surface area contributed by atoms with Gasteiger partial charge in [-0.1, -0.05) is 30.3 Å². The first-order valence-electron chi connectivity index (χ1n) is 7.57. The molecular formula is C18H20N2O3S. The highest BCUT2D eigenvalue weighted by Gasteiger charge is 2.18. The smallest absolute Gasteiger partial charge is 0.357 e. The molecule has 2 aromatic rings. The van der Waals surface area contributed by atoms with Crippen LogP contribution in [-0.2, 0) is 16.1 Å². The van der Waals surface area contributed by atoms with Crippen molar-refractivity contribution in [2.75, 3.05) is 7.11 Å². The first kappa shape index (κ1) is 17.9. The van der Waals surface area contributed by atoms with E-state index < -0.39 is 5.97 Å². The molecule has 0 N–H and O–H groups in total. The second kappa shape index (κ2) is 8.40. The van der Waals surface area contributed by atoms with Crippen LogP contribution in [0.2, 0.25) is 0 Å². The second-order valence-electron chi connectivity index (χ2n) is 5.42. The molecule has 0 fully saturated rings. The third-order valence-corrected chi connectivity index (χ3v) is 4.21. The van der Waals surface area contributed by atoms with E-state index in [2.05, 4.69) is 9.72 Å². The molecule has 0 aliphatic carbocycles. The highest BCUT2D eigenvalue weighted by atomic mass is 32.1. The van der Waals surface area contributed by atoms with Crippen LogP contribution in [0, 0.1) is 0 Å². The monoisotopic (exact) mass is 344 g/mol. The van der Waals surface area contributed by atoms with Gasteiger partial charge in [-0.15, -0.1) is 11.3 Å². The lowest BCUT2D eigenvalue weighted by Crippen LogP contribution is -2.35. The maximum atomic E-state index is 12.5. The number of esters is 1. The lowest BCUT2D eigenvalue weighted by molar-refractivity contribution is -0.128. The summed E-state index contributed by atoms with van der Waals surface area (Å²) in [6.45, 7) is 4.25. The van der Waals surface area contributed by atoms with Gasteiger partial charge in [-0.2, -0.15) is 0 Å². The first-order valence-corrected chi connectivity index (χ1v) is 8.45. The lowest BCUT2D eigenvalue weighted by Gasteiger charge is -2.24. The van der Waals surface area contributed by atoms with E-state index in [1.54, 1.807) is 22.4 Å². The van der Waals surface area contributed by atoms with E-state index in [1.165, 1.54) is 18.4 Å². The number of carbonyl (C=O) groups is 2. The topological polar surface area (TPSA) is 59.5 Å². The molecule has 0 aliphatic heterocycles. The fourth-order valence-corrected chi connectivity index (χ4v) is 2.83. The number of amides is 1. The Morgan fingerprint density at radius 1 is 1.29 bits per heavy atom. The molecule has 0 saturated heterocycles. The highest BCUT2D eigenvalue weighted by Crippen LogP contribution is 2.15. The number of thiazole rings is 1. The second-order valence-corrected chi connectivity index (χ2v) is 6.36. The summed E-state index contributed by atoms with van der Waals surface area (Å²) in [7, 11) is 1.32. The number of methoxy groups -OCH3 is 1. The van der Waals surface area contributed by atoms with Crippen molar-refractivity contribution in [3.8, 4) is 0 Å². The molecule has 1 aromatic carbocycles. The van der Waals surface area contributed by atoms with Gasteiger partial charge in [0.15, 0.2) is 5.69 Å². The standard InChI is InChI=1S/C18H20N2O3S/c1-13(2)20(11-16-19-15(12-24-16)18(22)23-3)17(21)10-9-14-7-5-4-6-8-14/h4-10,12-13H,11H2,1-3H3/b10-9+. The minimum Gasteiger partial charge on any atom is -0.464 e. The van der Waals surface area contributed by atoms with Crippen LogP contribution >= 0.6 is 11.3 Å². The van der Waals surface area contributed by atoms with Gasteiger partial charge in [-0.3, -0.25) is 4.79 Å². The summed E-state index contributed by atoms with van der Waals surface area (Å²) in [5, 5.41) is 2.34. The summed E-state index contributed by atoms with van der Waals surface area (Å²) in [5.74, 6) is -0.562. The summed E-state index contributed by atoms with van der Waals surface area (Å²) in [5.41, 5.74) is 1.24. The van der Waals surface area contributed by atoms with Gasteiger partial charge in [0.05, 0.1) is 13.7 Å². The van der Waals surface area contributed by atoms with Crippen LogP contribution in [0.5, 0.6) is 0 Å². The van der Waals surface area contributed by atoms with Gasteiger partial charge < -0.3 is 9.64 Å². The van der Waals surface area contributed by atoms with Gasteiger partial charge in [0.2, 0.25) is 5.91 Å². The Bertz CT molecular complexity index is 723. The van der Waals surface area contributed by atoms with Crippen LogP contribution in [-0.4, -0.2) is 34.9 Å². The first-order chi connectivity index (χ1) is 11.5. The number of ether oxygens (including phenoxy) is 1. The molecule has 0 atom stereocenters. The van der Waals surface area contributed by atoms with Crippen LogP contribution in [0.15, 0.2) is 41.8 Å². The maximum Gasteiger partial charge on any atom is 0.357 e. The Morgan fingerprint density at radius 3 is 2.62 bits per heavy atom. The Hall–Kier alpha value is -2.47. The van der Waals surface area contributed by atoms with E-state index in [0.717, 1.165) is 5.56 Å². The quantitative estimate of drug-likeness (QED) is 0.595. The molecule has 2 rings (SSSR count). The van der Waals surface area contributed by atoms with Crippen LogP contribution < -0.4 is 0 Å². The van der Waals surface area contributed by atoms with Gasteiger partial charge in [0.25, 0.3) is 0 Å². The zero-order valence-corrected chi connectivity index (χ0v) is 14.7. The molecule has 0 saturated carbocycles. The Morgan fingerprint density at radius 2 is 2.00 bits per heavy atom. The van der Waals surface area contributed by atoms with E-state index in [-0.39, 0.29) is 17.6 Å². The number of hydrogen-bond acceptors (Lipinski definition) is 5. The normalized spacial score (nSPS) is 11.0. The summed E-state index contributed by atoms with van der Waals surface area (Å²) < 4.78 is 4.65. The molecule has 5 nitrogen and oxygen atoms in total. The summed E-state index contributed by atoms with van der Waals surface area (Å²) >= 11 is 1.34. The number of benzene rings is 1. The van der Waals surface area contributed by atoms with Crippen molar-refractivity contribution in [3.63, 3.8) is 0 Å². The van der Waals surface area contributed by atoms with Gasteiger partial charge in [-0.05, 0) is 25.5 Å². The zero-order valence-electron chi connectivity index (χ0n) is 13.9. The molecule has 0 unspecified atom stereocenters. The number of carbonyl (C=O) groups excluding carboxylic acids is 2. The molecule has 1 amide bonds. The lowest BCUT2D eigenvalue weighted by atomic mass is 10.2. The summed E-state index contributed by atoms with van der Waals surface area (Å²) in [6.07, 6.45) is 3.35. The molecule has 0 radical (unpaired) electrons. The highest BCUT2D eigenvalue weighted by molar-refractivity contribution is 7.09. The SMILES string of the molecule is COC(=O)c1csc(CN(C(=O)/C=C/c2ccccc2)C(C)C)n1. The molecule has 126 valence electrons. The van der Waals surface area contributed by atoms with E-state index >= 15 is 0 Å². The fraction of sp³-hybridized carbons (Fsp3) is 0.278. The van der Waals surface area contributed by atoms with Crippen LogP contribution in [0.3, 0.4) is 0 Å². The minimum absolute atomic E-state index is 0.0170. The summed E-state index contributed by atoms with van der Waals surface area (Å²) in [4.78, 5) is 29.9. The van der Waals surface area contributed by atoms with E-state index in [9.17, 15) is 9.59 Å². The maximum absolute atomic E-state index is 12.5. The van der Waals surface area contributed by atoms with Crippen molar-refractivity contribution in [1.29, 1.82) is 0 Å². The van der Waals surface area contributed by atoms with E-state index in [1.807, 2.05) is 44.2 Å². The van der Waals surface area contributed by atoms with Crippen molar-refractivity contribution in [2.24, 2.45) is 0 Å². The zero-order chi connectivity index (χ0) is 17.5. The van der Waals surface area contributed by atoms with E-state index in [4.69, 9.17) is 0 Å². The third kappa shape index (κ3) is 4.76. The van der Waals surface area contributed by atoms with Gasteiger partial charge >= 0.3 is 5.97 Å². The molecule has 24 heavy (non-hydrogen) atoms. The number of aromatic nitrogens is 1. The van der Waals surface area contributed by atoms with Crippen molar-refractivity contribution in [3.05, 3.63) is 58.1 Å². The predicted molar refractivity (Wildman–Crippen MR) is 94.6 cm³/mol. The molecule has 0 aliphatic rings. The Kier molecular flexibility index (Phi) is 6.26.